The molecule has 22 heavy (non-hydrogen) atoms. The van der Waals surface area contributed by atoms with Crippen molar-refractivity contribution in [3.63, 3.8) is 0 Å². The molecule has 3 N–H and O–H groups in total. The fourth-order valence-corrected chi connectivity index (χ4v) is 2.50. The average molecular weight is 367 g/mol. The molecule has 6 nitrogen and oxygen atoms in total. The maximum absolute atomic E-state index is 12.1. The standard InChI is InChI=1S/C15H19BrN4O2/c1-22-10-9-17-7-8-18-15(21)14-12(16)13(19-20-14)11-5-3-2-4-6-11/h2-6,17H,7-10H2,1H3,(H,18,21)(H,19,20). The lowest BCUT2D eigenvalue weighted by molar-refractivity contribution is 0.0948. The number of hydrogen-bond acceptors (Lipinski definition) is 4. The molecule has 7 heteroatoms. The normalized spacial score (nSPS) is 10.6. The molecule has 118 valence electrons. The van der Waals surface area contributed by atoms with Crippen molar-refractivity contribution in [2.75, 3.05) is 33.4 Å². The Morgan fingerprint density at radius 2 is 2.05 bits per heavy atom. The average Bonchev–Trinajstić information content (AvgIpc) is 2.93. The van der Waals surface area contributed by atoms with Gasteiger partial charge in [-0.2, -0.15) is 5.10 Å². The number of H-pyrrole nitrogens is 1. The van der Waals surface area contributed by atoms with E-state index in [-0.39, 0.29) is 5.91 Å². The van der Waals surface area contributed by atoms with E-state index in [1.54, 1.807) is 7.11 Å². The van der Waals surface area contributed by atoms with Crippen LogP contribution in [0.2, 0.25) is 0 Å². The quantitative estimate of drug-likeness (QED) is 0.622. The van der Waals surface area contributed by atoms with Crippen LogP contribution in [-0.4, -0.2) is 49.5 Å². The number of rotatable bonds is 8. The van der Waals surface area contributed by atoms with E-state index in [4.69, 9.17) is 4.74 Å². The summed E-state index contributed by atoms with van der Waals surface area (Å²) in [4.78, 5) is 12.1. The molecule has 0 aliphatic rings. The second kappa shape index (κ2) is 8.67. The highest BCUT2D eigenvalue weighted by Crippen LogP contribution is 2.28. The summed E-state index contributed by atoms with van der Waals surface area (Å²) in [6.45, 7) is 2.64. The minimum Gasteiger partial charge on any atom is -0.383 e. The predicted molar refractivity (Wildman–Crippen MR) is 88.8 cm³/mol. The predicted octanol–water partition coefficient (Wildman–Crippen LogP) is 1.80. The van der Waals surface area contributed by atoms with Crippen molar-refractivity contribution >= 4 is 21.8 Å². The molecule has 1 aromatic heterocycles. The van der Waals surface area contributed by atoms with Gasteiger partial charge in [-0.05, 0) is 15.9 Å². The molecule has 0 saturated carbocycles. The second-order valence-corrected chi connectivity index (χ2v) is 5.42. The van der Waals surface area contributed by atoms with Crippen LogP contribution in [0.15, 0.2) is 34.8 Å². The number of nitrogens with one attached hydrogen (secondary N) is 3. The van der Waals surface area contributed by atoms with Crippen LogP contribution in [0, 0.1) is 0 Å². The molecule has 0 fully saturated rings. The van der Waals surface area contributed by atoms with Gasteiger partial charge in [0.2, 0.25) is 0 Å². The number of aromatic nitrogens is 2. The Balaban J connectivity index is 1.90. The molecular weight excluding hydrogens is 348 g/mol. The van der Waals surface area contributed by atoms with Crippen LogP contribution >= 0.6 is 15.9 Å². The number of carbonyl (C=O) groups excluding carboxylic acids is 1. The lowest BCUT2D eigenvalue weighted by Gasteiger charge is -2.05. The van der Waals surface area contributed by atoms with Crippen LogP contribution in [0.25, 0.3) is 11.3 Å². The Kier molecular flexibility index (Phi) is 6.57. The summed E-state index contributed by atoms with van der Waals surface area (Å²) < 4.78 is 5.60. The van der Waals surface area contributed by atoms with E-state index in [1.807, 2.05) is 30.3 Å². The number of ether oxygens (including phenoxy) is 1. The zero-order valence-electron chi connectivity index (χ0n) is 12.4. The summed E-state index contributed by atoms with van der Waals surface area (Å²) in [7, 11) is 1.66. The number of methoxy groups -OCH3 is 1. The Hall–Kier alpha value is -1.70. The van der Waals surface area contributed by atoms with E-state index in [1.165, 1.54) is 0 Å². The van der Waals surface area contributed by atoms with Crippen molar-refractivity contribution in [2.24, 2.45) is 0 Å². The molecule has 0 bridgehead atoms. The first-order chi connectivity index (χ1) is 10.7. The van der Waals surface area contributed by atoms with Crippen LogP contribution in [0.4, 0.5) is 0 Å². The first-order valence-corrected chi connectivity index (χ1v) is 7.80. The number of nitrogens with zero attached hydrogens (tertiary/aromatic N) is 1. The van der Waals surface area contributed by atoms with Gasteiger partial charge in [0.05, 0.1) is 11.1 Å². The third-order valence-corrected chi connectivity index (χ3v) is 3.82. The number of amides is 1. The largest absolute Gasteiger partial charge is 0.383 e. The molecule has 0 aliphatic heterocycles. The first kappa shape index (κ1) is 16.7. The van der Waals surface area contributed by atoms with Gasteiger partial charge in [0, 0.05) is 32.3 Å². The van der Waals surface area contributed by atoms with Crippen molar-refractivity contribution in [3.05, 3.63) is 40.5 Å². The SMILES string of the molecule is COCCNCCNC(=O)c1[nH]nc(-c2ccccc2)c1Br. The molecule has 1 aromatic carbocycles. The van der Waals surface area contributed by atoms with Gasteiger partial charge < -0.3 is 15.4 Å². The van der Waals surface area contributed by atoms with E-state index in [9.17, 15) is 4.79 Å². The van der Waals surface area contributed by atoms with Crippen molar-refractivity contribution in [1.82, 2.24) is 20.8 Å². The molecule has 1 amide bonds. The van der Waals surface area contributed by atoms with Crippen molar-refractivity contribution < 1.29 is 9.53 Å². The molecule has 0 saturated heterocycles. The molecule has 0 radical (unpaired) electrons. The highest BCUT2D eigenvalue weighted by molar-refractivity contribution is 9.10. The van der Waals surface area contributed by atoms with E-state index in [2.05, 4.69) is 36.8 Å². The maximum atomic E-state index is 12.1. The maximum Gasteiger partial charge on any atom is 0.270 e. The topological polar surface area (TPSA) is 79.0 Å². The minimum absolute atomic E-state index is 0.185. The fraction of sp³-hybridized carbons (Fsp3) is 0.333. The summed E-state index contributed by atoms with van der Waals surface area (Å²) >= 11 is 3.45. The molecule has 0 spiro atoms. The summed E-state index contributed by atoms with van der Waals surface area (Å²) in [5.41, 5.74) is 2.10. The van der Waals surface area contributed by atoms with Gasteiger partial charge in [0.25, 0.3) is 5.91 Å². The summed E-state index contributed by atoms with van der Waals surface area (Å²) in [6.07, 6.45) is 0. The third kappa shape index (κ3) is 4.40. The zero-order valence-corrected chi connectivity index (χ0v) is 13.9. The van der Waals surface area contributed by atoms with Gasteiger partial charge in [0.15, 0.2) is 0 Å². The summed E-state index contributed by atoms with van der Waals surface area (Å²) in [5, 5.41) is 13.0. The molecule has 2 rings (SSSR count). The number of benzene rings is 1. The van der Waals surface area contributed by atoms with Gasteiger partial charge in [-0.25, -0.2) is 0 Å². The Labute approximate surface area is 137 Å². The summed E-state index contributed by atoms with van der Waals surface area (Å²) in [6, 6.07) is 9.70. The van der Waals surface area contributed by atoms with E-state index in [0.717, 1.165) is 17.8 Å². The van der Waals surface area contributed by atoms with E-state index >= 15 is 0 Å². The highest BCUT2D eigenvalue weighted by atomic mass is 79.9. The molecule has 0 unspecified atom stereocenters. The molecule has 0 atom stereocenters. The van der Waals surface area contributed by atoms with Crippen LogP contribution in [0.3, 0.4) is 0 Å². The van der Waals surface area contributed by atoms with Gasteiger partial charge in [-0.3, -0.25) is 9.89 Å². The van der Waals surface area contributed by atoms with Crippen molar-refractivity contribution in [2.45, 2.75) is 0 Å². The van der Waals surface area contributed by atoms with Gasteiger partial charge in [0.1, 0.15) is 11.4 Å². The number of halogens is 1. The Bertz CT molecular complexity index is 601. The van der Waals surface area contributed by atoms with Gasteiger partial charge >= 0.3 is 0 Å². The van der Waals surface area contributed by atoms with Crippen molar-refractivity contribution in [3.8, 4) is 11.3 Å². The van der Waals surface area contributed by atoms with Crippen LogP contribution < -0.4 is 10.6 Å². The molecule has 2 aromatic rings. The van der Waals surface area contributed by atoms with E-state index in [0.29, 0.717) is 29.9 Å². The minimum atomic E-state index is -0.185. The van der Waals surface area contributed by atoms with E-state index < -0.39 is 0 Å². The highest BCUT2D eigenvalue weighted by Gasteiger charge is 2.17. The van der Waals surface area contributed by atoms with Crippen LogP contribution in [0.1, 0.15) is 10.5 Å². The van der Waals surface area contributed by atoms with Crippen molar-refractivity contribution in [1.29, 1.82) is 0 Å². The molecular formula is C15H19BrN4O2. The third-order valence-electron chi connectivity index (χ3n) is 3.05. The lowest BCUT2D eigenvalue weighted by atomic mass is 10.1. The van der Waals surface area contributed by atoms with Crippen LogP contribution in [-0.2, 0) is 4.74 Å². The van der Waals surface area contributed by atoms with Gasteiger partial charge in [-0.15, -0.1) is 0 Å². The monoisotopic (exact) mass is 366 g/mol. The second-order valence-electron chi connectivity index (χ2n) is 4.63. The van der Waals surface area contributed by atoms with Gasteiger partial charge in [-0.1, -0.05) is 30.3 Å². The number of hydrogen-bond donors (Lipinski definition) is 3. The zero-order chi connectivity index (χ0) is 15.8. The molecule has 0 aliphatic carbocycles. The first-order valence-electron chi connectivity index (χ1n) is 7.01. The number of carbonyl (C=O) groups is 1. The van der Waals surface area contributed by atoms with Crippen LogP contribution in [0.5, 0.6) is 0 Å². The molecule has 1 heterocycles. The summed E-state index contributed by atoms with van der Waals surface area (Å²) in [5.74, 6) is -0.185. The number of aromatic amines is 1. The fourth-order valence-electron chi connectivity index (χ4n) is 1.92. The Morgan fingerprint density at radius 1 is 1.27 bits per heavy atom. The smallest absolute Gasteiger partial charge is 0.270 e. The lowest BCUT2D eigenvalue weighted by Crippen LogP contribution is -2.33. The Morgan fingerprint density at radius 3 is 2.77 bits per heavy atom.